The molecule has 1 amide bonds. The average molecular weight is 359 g/mol. The standard InChI is InChI=1S/C19H25N3O4/c1-19(2,3)26-18(24)21-14-6-5-9-22(12-14)15-7-8-16(17(23)25-4)13(10-15)11-20/h7-8,10,14H,5-6,9,12H2,1-4H3,(H,21,24)/t14-/m0/s1. The second-order valence-electron chi connectivity index (χ2n) is 7.26. The molecule has 0 radical (unpaired) electrons. The SMILES string of the molecule is COC(=O)c1ccc(N2CCC[C@H](NC(=O)OC(C)(C)C)C2)cc1C#N. The van der Waals surface area contributed by atoms with E-state index >= 15 is 0 Å². The number of nitriles is 1. The molecule has 0 saturated carbocycles. The smallest absolute Gasteiger partial charge is 0.407 e. The van der Waals surface area contributed by atoms with Gasteiger partial charge in [0.15, 0.2) is 0 Å². The fraction of sp³-hybridized carbons (Fsp3) is 0.526. The molecular weight excluding hydrogens is 334 g/mol. The molecule has 2 rings (SSSR count). The van der Waals surface area contributed by atoms with Gasteiger partial charge in [-0.1, -0.05) is 0 Å². The van der Waals surface area contributed by atoms with Crippen LogP contribution in [0.15, 0.2) is 18.2 Å². The van der Waals surface area contributed by atoms with Gasteiger partial charge in [0, 0.05) is 24.8 Å². The van der Waals surface area contributed by atoms with E-state index in [1.54, 1.807) is 18.2 Å². The van der Waals surface area contributed by atoms with Crippen molar-refractivity contribution in [2.24, 2.45) is 0 Å². The van der Waals surface area contributed by atoms with Crippen LogP contribution < -0.4 is 10.2 Å². The highest BCUT2D eigenvalue weighted by Gasteiger charge is 2.25. The van der Waals surface area contributed by atoms with E-state index in [0.29, 0.717) is 6.54 Å². The van der Waals surface area contributed by atoms with Crippen molar-refractivity contribution in [2.75, 3.05) is 25.1 Å². The topological polar surface area (TPSA) is 91.7 Å². The number of rotatable bonds is 3. The highest BCUT2D eigenvalue weighted by molar-refractivity contribution is 5.92. The van der Waals surface area contributed by atoms with Gasteiger partial charge in [0.1, 0.15) is 11.7 Å². The minimum atomic E-state index is -0.538. The summed E-state index contributed by atoms with van der Waals surface area (Å²) in [6.45, 7) is 6.90. The Labute approximate surface area is 153 Å². The van der Waals surface area contributed by atoms with Crippen molar-refractivity contribution in [2.45, 2.75) is 45.3 Å². The number of benzene rings is 1. The lowest BCUT2D eigenvalue weighted by Crippen LogP contribution is -2.49. The van der Waals surface area contributed by atoms with Crippen molar-refractivity contribution in [1.82, 2.24) is 5.32 Å². The number of amides is 1. The predicted molar refractivity (Wildman–Crippen MR) is 97.1 cm³/mol. The van der Waals surface area contributed by atoms with Crippen molar-refractivity contribution in [3.8, 4) is 6.07 Å². The van der Waals surface area contributed by atoms with Crippen LogP contribution in [0.5, 0.6) is 0 Å². The number of anilines is 1. The summed E-state index contributed by atoms with van der Waals surface area (Å²) in [6, 6.07) is 7.08. The summed E-state index contributed by atoms with van der Waals surface area (Å²) in [6.07, 6.45) is 1.34. The van der Waals surface area contributed by atoms with Crippen molar-refractivity contribution < 1.29 is 19.1 Å². The fourth-order valence-electron chi connectivity index (χ4n) is 2.91. The van der Waals surface area contributed by atoms with E-state index in [0.717, 1.165) is 25.1 Å². The molecule has 1 heterocycles. The lowest BCUT2D eigenvalue weighted by Gasteiger charge is -2.35. The van der Waals surface area contributed by atoms with Crippen LogP contribution in [0.25, 0.3) is 0 Å². The van der Waals surface area contributed by atoms with E-state index in [2.05, 4.69) is 10.2 Å². The molecule has 1 atom stereocenters. The number of ether oxygens (including phenoxy) is 2. The molecule has 26 heavy (non-hydrogen) atoms. The monoisotopic (exact) mass is 359 g/mol. The van der Waals surface area contributed by atoms with Gasteiger partial charge in [0.05, 0.1) is 18.2 Å². The van der Waals surface area contributed by atoms with Crippen LogP contribution in [0.2, 0.25) is 0 Å². The van der Waals surface area contributed by atoms with E-state index < -0.39 is 17.7 Å². The van der Waals surface area contributed by atoms with Gasteiger partial charge in [-0.3, -0.25) is 0 Å². The van der Waals surface area contributed by atoms with Crippen LogP contribution in [0.4, 0.5) is 10.5 Å². The molecule has 1 N–H and O–H groups in total. The first kappa shape index (κ1) is 19.6. The van der Waals surface area contributed by atoms with E-state index in [9.17, 15) is 14.9 Å². The second-order valence-corrected chi connectivity index (χ2v) is 7.26. The Morgan fingerprint density at radius 1 is 1.35 bits per heavy atom. The number of piperidine rings is 1. The number of nitrogens with zero attached hydrogens (tertiary/aromatic N) is 2. The Bertz CT molecular complexity index is 718. The van der Waals surface area contributed by atoms with Gasteiger partial charge in [0.2, 0.25) is 0 Å². The van der Waals surface area contributed by atoms with E-state index in [1.165, 1.54) is 7.11 Å². The number of methoxy groups -OCH3 is 1. The average Bonchev–Trinajstić information content (AvgIpc) is 2.59. The van der Waals surface area contributed by atoms with E-state index in [-0.39, 0.29) is 17.2 Å². The van der Waals surface area contributed by atoms with E-state index in [1.807, 2.05) is 26.8 Å². The van der Waals surface area contributed by atoms with Crippen LogP contribution in [-0.2, 0) is 9.47 Å². The minimum absolute atomic E-state index is 0.0376. The summed E-state index contributed by atoms with van der Waals surface area (Å²) in [5, 5.41) is 12.2. The second kappa shape index (κ2) is 8.09. The number of carbonyl (C=O) groups excluding carboxylic acids is 2. The van der Waals surface area contributed by atoms with Crippen LogP contribution in [0, 0.1) is 11.3 Å². The van der Waals surface area contributed by atoms with Crippen molar-refractivity contribution in [3.63, 3.8) is 0 Å². The maximum atomic E-state index is 12.0. The first-order valence-corrected chi connectivity index (χ1v) is 8.60. The number of alkyl carbamates (subject to hydrolysis) is 1. The molecule has 1 aliphatic rings. The molecule has 0 unspecified atom stereocenters. The number of hydrogen-bond acceptors (Lipinski definition) is 6. The molecule has 7 heteroatoms. The number of esters is 1. The fourth-order valence-corrected chi connectivity index (χ4v) is 2.91. The van der Waals surface area contributed by atoms with Gasteiger partial charge in [-0.15, -0.1) is 0 Å². The summed E-state index contributed by atoms with van der Waals surface area (Å²) in [5.41, 5.74) is 0.824. The third-order valence-electron chi connectivity index (χ3n) is 4.04. The Morgan fingerprint density at radius 3 is 2.69 bits per heavy atom. The van der Waals surface area contributed by atoms with Gasteiger partial charge in [0.25, 0.3) is 0 Å². The zero-order valence-corrected chi connectivity index (χ0v) is 15.7. The van der Waals surface area contributed by atoms with Gasteiger partial charge in [-0.2, -0.15) is 5.26 Å². The Balaban J connectivity index is 2.08. The molecule has 1 aromatic carbocycles. The Kier molecular flexibility index (Phi) is 6.09. The first-order valence-electron chi connectivity index (χ1n) is 8.60. The molecule has 1 fully saturated rings. The number of hydrogen-bond donors (Lipinski definition) is 1. The third-order valence-corrected chi connectivity index (χ3v) is 4.04. The molecule has 0 aliphatic carbocycles. The van der Waals surface area contributed by atoms with Crippen LogP contribution in [0.1, 0.15) is 49.5 Å². The molecule has 140 valence electrons. The molecule has 1 aliphatic heterocycles. The minimum Gasteiger partial charge on any atom is -0.465 e. The molecule has 0 bridgehead atoms. The molecule has 1 saturated heterocycles. The maximum absolute atomic E-state index is 12.0. The van der Waals surface area contributed by atoms with Crippen molar-refractivity contribution >= 4 is 17.7 Å². The highest BCUT2D eigenvalue weighted by atomic mass is 16.6. The maximum Gasteiger partial charge on any atom is 0.407 e. The lowest BCUT2D eigenvalue weighted by molar-refractivity contribution is 0.0499. The zero-order valence-electron chi connectivity index (χ0n) is 15.7. The first-order chi connectivity index (χ1) is 12.2. The van der Waals surface area contributed by atoms with Gasteiger partial charge in [-0.05, 0) is 51.8 Å². The summed E-state index contributed by atoms with van der Waals surface area (Å²) < 4.78 is 10.0. The molecule has 0 spiro atoms. The number of nitrogens with one attached hydrogen (secondary N) is 1. The predicted octanol–water partition coefficient (Wildman–Crippen LogP) is 2.84. The third kappa shape index (κ3) is 5.12. The Morgan fingerprint density at radius 2 is 2.08 bits per heavy atom. The zero-order chi connectivity index (χ0) is 19.3. The normalized spacial score (nSPS) is 17.2. The van der Waals surface area contributed by atoms with Gasteiger partial charge < -0.3 is 19.7 Å². The van der Waals surface area contributed by atoms with E-state index in [4.69, 9.17) is 9.47 Å². The van der Waals surface area contributed by atoms with Crippen molar-refractivity contribution in [1.29, 1.82) is 5.26 Å². The molecular formula is C19H25N3O4. The van der Waals surface area contributed by atoms with Crippen LogP contribution >= 0.6 is 0 Å². The van der Waals surface area contributed by atoms with Crippen LogP contribution in [0.3, 0.4) is 0 Å². The summed E-state index contributed by atoms with van der Waals surface area (Å²) in [7, 11) is 1.29. The van der Waals surface area contributed by atoms with Crippen LogP contribution in [-0.4, -0.2) is 43.9 Å². The Hall–Kier alpha value is -2.75. The van der Waals surface area contributed by atoms with Gasteiger partial charge in [-0.25, -0.2) is 9.59 Å². The van der Waals surface area contributed by atoms with Gasteiger partial charge >= 0.3 is 12.1 Å². The largest absolute Gasteiger partial charge is 0.465 e. The summed E-state index contributed by atoms with van der Waals surface area (Å²) in [5.74, 6) is -0.531. The number of carbonyl (C=O) groups is 2. The molecule has 0 aromatic heterocycles. The lowest BCUT2D eigenvalue weighted by atomic mass is 10.0. The summed E-state index contributed by atoms with van der Waals surface area (Å²) >= 11 is 0. The molecule has 1 aromatic rings. The summed E-state index contributed by atoms with van der Waals surface area (Å²) in [4.78, 5) is 25.8. The van der Waals surface area contributed by atoms with Crippen molar-refractivity contribution in [3.05, 3.63) is 29.3 Å². The molecule has 7 nitrogen and oxygen atoms in total. The quantitative estimate of drug-likeness (QED) is 0.835. The highest BCUT2D eigenvalue weighted by Crippen LogP contribution is 2.24.